The number of nitrogens with one attached hydrogen (secondary N) is 1. The molecule has 0 aromatic heterocycles. The summed E-state index contributed by atoms with van der Waals surface area (Å²) in [5.74, 6) is -1.73. The van der Waals surface area contributed by atoms with E-state index in [0.29, 0.717) is 25.1 Å². The molecule has 126 valence electrons. The van der Waals surface area contributed by atoms with Gasteiger partial charge in [-0.25, -0.2) is 0 Å². The number of carbonyl (C=O) groups excluding carboxylic acids is 2. The lowest BCUT2D eigenvalue weighted by Gasteiger charge is -2.29. The van der Waals surface area contributed by atoms with E-state index in [1.807, 2.05) is 0 Å². The number of alkyl halides is 3. The summed E-state index contributed by atoms with van der Waals surface area (Å²) in [5, 5.41) is 2.68. The Balaban J connectivity index is 2.38. The summed E-state index contributed by atoms with van der Waals surface area (Å²) >= 11 is 0. The fourth-order valence-electron chi connectivity index (χ4n) is 2.72. The molecule has 7 heteroatoms. The average Bonchev–Trinajstić information content (AvgIpc) is 2.41. The lowest BCUT2D eigenvalue weighted by Crippen LogP contribution is -2.34. The van der Waals surface area contributed by atoms with Gasteiger partial charge in [-0.2, -0.15) is 13.2 Å². The Bertz CT molecular complexity index is 446. The van der Waals surface area contributed by atoms with Crippen LogP contribution in [0.15, 0.2) is 11.3 Å². The monoisotopic (exact) mass is 320 g/mol. The Kier molecular flexibility index (Phi) is 6.44. The maximum absolute atomic E-state index is 12.6. The second-order valence-electron chi connectivity index (χ2n) is 5.96. The fourth-order valence-corrected chi connectivity index (χ4v) is 2.72. The molecule has 0 aromatic rings. The van der Waals surface area contributed by atoms with E-state index >= 15 is 0 Å². The SMILES string of the molecule is CC(=O)C(CC(=O)NCC1CCC(C(F)(F)F)CC1)=C(C)N. The highest BCUT2D eigenvalue weighted by molar-refractivity contribution is 5.99. The molecule has 1 fully saturated rings. The Labute approximate surface area is 128 Å². The van der Waals surface area contributed by atoms with Crippen molar-refractivity contribution in [1.29, 1.82) is 0 Å². The normalized spacial score (nSPS) is 23.7. The predicted octanol–water partition coefficient (Wildman–Crippen LogP) is 2.68. The average molecular weight is 320 g/mol. The van der Waals surface area contributed by atoms with Crippen LogP contribution < -0.4 is 11.1 Å². The van der Waals surface area contributed by atoms with Crippen molar-refractivity contribution >= 4 is 11.7 Å². The van der Waals surface area contributed by atoms with Crippen LogP contribution in [0.1, 0.15) is 46.0 Å². The van der Waals surface area contributed by atoms with Crippen LogP contribution >= 0.6 is 0 Å². The largest absolute Gasteiger partial charge is 0.402 e. The van der Waals surface area contributed by atoms with Gasteiger partial charge >= 0.3 is 6.18 Å². The van der Waals surface area contributed by atoms with Gasteiger partial charge in [-0.15, -0.1) is 0 Å². The molecule has 1 saturated carbocycles. The van der Waals surface area contributed by atoms with Gasteiger partial charge in [0.15, 0.2) is 5.78 Å². The van der Waals surface area contributed by atoms with E-state index in [-0.39, 0.29) is 42.4 Å². The topological polar surface area (TPSA) is 72.2 Å². The van der Waals surface area contributed by atoms with E-state index in [1.54, 1.807) is 6.92 Å². The Morgan fingerprint density at radius 2 is 1.68 bits per heavy atom. The lowest BCUT2D eigenvalue weighted by molar-refractivity contribution is -0.183. The summed E-state index contributed by atoms with van der Waals surface area (Å²) in [4.78, 5) is 23.1. The van der Waals surface area contributed by atoms with Crippen molar-refractivity contribution in [3.63, 3.8) is 0 Å². The maximum atomic E-state index is 12.6. The molecule has 0 heterocycles. The third kappa shape index (κ3) is 5.69. The maximum Gasteiger partial charge on any atom is 0.391 e. The number of allylic oxidation sites excluding steroid dienone is 1. The van der Waals surface area contributed by atoms with Crippen LogP contribution in [0.2, 0.25) is 0 Å². The summed E-state index contributed by atoms with van der Waals surface area (Å²) in [6.07, 6.45) is -3.07. The van der Waals surface area contributed by atoms with Crippen LogP contribution in [-0.4, -0.2) is 24.4 Å². The minimum atomic E-state index is -4.12. The lowest BCUT2D eigenvalue weighted by atomic mass is 9.81. The predicted molar refractivity (Wildman–Crippen MR) is 76.7 cm³/mol. The van der Waals surface area contributed by atoms with Crippen LogP contribution in [0, 0.1) is 11.8 Å². The molecule has 1 rings (SSSR count). The summed E-state index contributed by atoms with van der Waals surface area (Å²) in [6.45, 7) is 3.25. The zero-order valence-corrected chi connectivity index (χ0v) is 12.9. The molecular weight excluding hydrogens is 297 g/mol. The molecule has 0 aliphatic heterocycles. The Hall–Kier alpha value is -1.53. The molecule has 0 atom stereocenters. The van der Waals surface area contributed by atoms with Crippen molar-refractivity contribution in [2.24, 2.45) is 17.6 Å². The number of hydrogen-bond donors (Lipinski definition) is 2. The highest BCUT2D eigenvalue weighted by atomic mass is 19.4. The fraction of sp³-hybridized carbons (Fsp3) is 0.733. The van der Waals surface area contributed by atoms with Crippen molar-refractivity contribution in [3.05, 3.63) is 11.3 Å². The first kappa shape index (κ1) is 18.5. The molecule has 0 unspecified atom stereocenters. The molecule has 22 heavy (non-hydrogen) atoms. The van der Waals surface area contributed by atoms with E-state index in [2.05, 4.69) is 5.32 Å². The van der Waals surface area contributed by atoms with Gasteiger partial charge in [0.25, 0.3) is 0 Å². The van der Waals surface area contributed by atoms with Crippen molar-refractivity contribution < 1.29 is 22.8 Å². The van der Waals surface area contributed by atoms with Gasteiger partial charge in [-0.05, 0) is 45.4 Å². The van der Waals surface area contributed by atoms with E-state index in [4.69, 9.17) is 5.73 Å². The quantitative estimate of drug-likeness (QED) is 0.765. The molecule has 1 aliphatic rings. The van der Waals surface area contributed by atoms with Crippen molar-refractivity contribution in [1.82, 2.24) is 5.32 Å². The van der Waals surface area contributed by atoms with E-state index in [0.717, 1.165) is 0 Å². The van der Waals surface area contributed by atoms with Gasteiger partial charge in [0.05, 0.1) is 12.3 Å². The van der Waals surface area contributed by atoms with Crippen LogP contribution in [0.3, 0.4) is 0 Å². The second kappa shape index (κ2) is 7.65. The standard InChI is InChI=1S/C15H23F3N2O2/c1-9(19)13(10(2)21)7-14(22)20-8-11-3-5-12(6-4-11)15(16,17)18/h11-12H,3-8,19H2,1-2H3,(H,20,22). The number of halogens is 3. The molecule has 0 radical (unpaired) electrons. The first-order chi connectivity index (χ1) is 10.1. The van der Waals surface area contributed by atoms with E-state index in [1.165, 1.54) is 6.92 Å². The van der Waals surface area contributed by atoms with Gasteiger partial charge in [0.1, 0.15) is 0 Å². The number of amides is 1. The summed E-state index contributed by atoms with van der Waals surface area (Å²) in [7, 11) is 0. The molecule has 1 amide bonds. The number of rotatable bonds is 5. The van der Waals surface area contributed by atoms with Crippen LogP contribution in [0.5, 0.6) is 0 Å². The third-order valence-electron chi connectivity index (χ3n) is 4.14. The van der Waals surface area contributed by atoms with Gasteiger partial charge in [-0.1, -0.05) is 0 Å². The van der Waals surface area contributed by atoms with Gasteiger partial charge in [0.2, 0.25) is 5.91 Å². The molecule has 1 aliphatic carbocycles. The summed E-state index contributed by atoms with van der Waals surface area (Å²) in [5.41, 5.74) is 6.14. The number of nitrogens with two attached hydrogens (primary N) is 1. The molecule has 0 saturated heterocycles. The highest BCUT2D eigenvalue weighted by Gasteiger charge is 2.41. The Morgan fingerprint density at radius 1 is 1.14 bits per heavy atom. The van der Waals surface area contributed by atoms with Crippen LogP contribution in [0.25, 0.3) is 0 Å². The number of hydrogen-bond acceptors (Lipinski definition) is 3. The third-order valence-corrected chi connectivity index (χ3v) is 4.14. The highest BCUT2D eigenvalue weighted by Crippen LogP contribution is 2.39. The van der Waals surface area contributed by atoms with Gasteiger partial charge in [0, 0.05) is 17.8 Å². The van der Waals surface area contributed by atoms with E-state index < -0.39 is 12.1 Å². The molecule has 0 bridgehead atoms. The first-order valence-electron chi connectivity index (χ1n) is 7.40. The molecular formula is C15H23F3N2O2. The van der Waals surface area contributed by atoms with E-state index in [9.17, 15) is 22.8 Å². The van der Waals surface area contributed by atoms with Crippen molar-refractivity contribution in [3.8, 4) is 0 Å². The van der Waals surface area contributed by atoms with Gasteiger partial charge < -0.3 is 11.1 Å². The summed E-state index contributed by atoms with van der Waals surface area (Å²) < 4.78 is 37.7. The molecule has 0 spiro atoms. The number of carbonyl (C=O) groups is 2. The molecule has 3 N–H and O–H groups in total. The van der Waals surface area contributed by atoms with Crippen molar-refractivity contribution in [2.75, 3.05) is 6.54 Å². The number of Topliss-reactive ketones (excluding diaryl/α,β-unsaturated/α-hetero) is 1. The first-order valence-corrected chi connectivity index (χ1v) is 7.40. The Morgan fingerprint density at radius 3 is 2.09 bits per heavy atom. The van der Waals surface area contributed by atoms with Crippen molar-refractivity contribution in [2.45, 2.75) is 52.1 Å². The van der Waals surface area contributed by atoms with Gasteiger partial charge in [-0.3, -0.25) is 9.59 Å². The molecule has 4 nitrogen and oxygen atoms in total. The second-order valence-corrected chi connectivity index (χ2v) is 5.96. The zero-order valence-electron chi connectivity index (χ0n) is 12.9. The number of ketones is 1. The summed E-state index contributed by atoms with van der Waals surface area (Å²) in [6, 6.07) is 0. The zero-order chi connectivity index (χ0) is 16.9. The molecule has 0 aromatic carbocycles. The smallest absolute Gasteiger partial charge is 0.391 e. The minimum Gasteiger partial charge on any atom is -0.402 e. The van der Waals surface area contributed by atoms with Crippen LogP contribution in [-0.2, 0) is 9.59 Å². The van der Waals surface area contributed by atoms with Crippen LogP contribution in [0.4, 0.5) is 13.2 Å². The minimum absolute atomic E-state index is 0.0614.